The van der Waals surface area contributed by atoms with Crippen molar-refractivity contribution in [3.63, 3.8) is 0 Å². The van der Waals surface area contributed by atoms with Crippen LogP contribution in [0, 0.1) is 5.92 Å². The van der Waals surface area contributed by atoms with E-state index in [4.69, 9.17) is 9.47 Å². The van der Waals surface area contributed by atoms with Crippen LogP contribution < -0.4 is 9.47 Å². The maximum Gasteiger partial charge on any atom is 0.311 e. The first kappa shape index (κ1) is 20.7. The Morgan fingerprint density at radius 3 is 2.41 bits per heavy atom. The van der Waals surface area contributed by atoms with Gasteiger partial charge in [0.15, 0.2) is 5.60 Å². The molecule has 3 aromatic rings. The number of aliphatic carboxylic acids is 1. The Hall–Kier alpha value is -3.23. The number of carboxylic acid groups (broad SMARTS) is 1. The maximum absolute atomic E-state index is 14.0. The maximum atomic E-state index is 14.0. The molecule has 2 aromatic carbocycles. The van der Waals surface area contributed by atoms with Gasteiger partial charge in [-0.2, -0.15) is 4.98 Å². The van der Waals surface area contributed by atoms with Gasteiger partial charge in [-0.25, -0.2) is 0 Å². The first-order valence-electron chi connectivity index (χ1n) is 9.89. The van der Waals surface area contributed by atoms with Crippen LogP contribution in [0.1, 0.15) is 22.6 Å². The second-order valence-electron chi connectivity index (χ2n) is 7.85. The zero-order valence-electron chi connectivity index (χ0n) is 16.9. The van der Waals surface area contributed by atoms with Crippen LogP contribution in [0.2, 0.25) is 0 Å². The molecule has 8 heteroatoms. The first-order valence-corrected chi connectivity index (χ1v) is 10.7. The summed E-state index contributed by atoms with van der Waals surface area (Å²) in [5, 5.41) is 22.1. The standard InChI is InChI=1S/C24H18BrNO6/c1-31-17-12-11-16-20(26-17)32-24(14-7-9-15(25)10-8-14)18(13-5-3-2-4-6-13)19(21(27)28)23(16,30)22(24)29/h2-12,18-19,30H,1H3,(H,27,28)/t18?,19-,23-,24+/m0/s1. The van der Waals surface area contributed by atoms with Crippen molar-refractivity contribution in [1.29, 1.82) is 0 Å². The fourth-order valence-corrected chi connectivity index (χ4v) is 5.24. The molecule has 4 atom stereocenters. The minimum Gasteiger partial charge on any atom is -0.481 e. The number of aliphatic hydroxyl groups is 1. The summed E-state index contributed by atoms with van der Waals surface area (Å²) in [7, 11) is 1.43. The van der Waals surface area contributed by atoms with Gasteiger partial charge in [0.2, 0.25) is 23.1 Å². The van der Waals surface area contributed by atoms with Gasteiger partial charge in [-0.05, 0) is 23.8 Å². The largest absolute Gasteiger partial charge is 0.481 e. The molecule has 2 bridgehead atoms. The van der Waals surface area contributed by atoms with Gasteiger partial charge in [0, 0.05) is 16.1 Å². The number of carbonyl (C=O) groups is 2. The number of hydrogen-bond donors (Lipinski definition) is 2. The Bertz CT molecular complexity index is 1230. The normalized spacial score (nSPS) is 28.0. The Kier molecular flexibility index (Phi) is 4.61. The number of nitrogens with zero attached hydrogens (tertiary/aromatic N) is 1. The zero-order chi connectivity index (χ0) is 22.7. The third kappa shape index (κ3) is 2.59. The molecule has 32 heavy (non-hydrogen) atoms. The molecule has 1 aromatic heterocycles. The molecule has 0 saturated heterocycles. The summed E-state index contributed by atoms with van der Waals surface area (Å²) in [6.07, 6.45) is 0. The Labute approximate surface area is 191 Å². The Morgan fingerprint density at radius 1 is 1.09 bits per heavy atom. The van der Waals surface area contributed by atoms with Gasteiger partial charge in [0.05, 0.1) is 18.6 Å². The number of rotatable bonds is 4. The summed E-state index contributed by atoms with van der Waals surface area (Å²) >= 11 is 3.39. The fraction of sp³-hybridized carbons (Fsp3) is 0.208. The van der Waals surface area contributed by atoms with Gasteiger partial charge in [-0.15, -0.1) is 0 Å². The van der Waals surface area contributed by atoms with Crippen molar-refractivity contribution in [1.82, 2.24) is 4.98 Å². The van der Waals surface area contributed by atoms with Crippen LogP contribution in [0.3, 0.4) is 0 Å². The minimum atomic E-state index is -2.34. The van der Waals surface area contributed by atoms with Crippen LogP contribution in [-0.2, 0) is 20.8 Å². The molecule has 1 saturated carbocycles. The first-order chi connectivity index (χ1) is 15.3. The zero-order valence-corrected chi connectivity index (χ0v) is 18.4. The number of fused-ring (bicyclic) bond motifs is 4. The van der Waals surface area contributed by atoms with E-state index in [9.17, 15) is 19.8 Å². The highest BCUT2D eigenvalue weighted by Gasteiger charge is 2.76. The van der Waals surface area contributed by atoms with Crippen LogP contribution >= 0.6 is 15.9 Å². The molecule has 2 aliphatic rings. The number of methoxy groups -OCH3 is 1. The smallest absolute Gasteiger partial charge is 0.311 e. The van der Waals surface area contributed by atoms with Crippen molar-refractivity contribution in [3.05, 3.63) is 87.9 Å². The highest BCUT2D eigenvalue weighted by atomic mass is 79.9. The lowest BCUT2D eigenvalue weighted by Gasteiger charge is -2.38. The van der Waals surface area contributed by atoms with E-state index in [0.29, 0.717) is 11.1 Å². The molecule has 1 aliphatic heterocycles. The summed E-state index contributed by atoms with van der Waals surface area (Å²) in [6.45, 7) is 0. The Balaban J connectivity index is 1.88. The lowest BCUT2D eigenvalue weighted by Crippen LogP contribution is -2.51. The molecule has 2 heterocycles. The van der Waals surface area contributed by atoms with Gasteiger partial charge in [0.1, 0.15) is 5.92 Å². The number of halogens is 1. The second kappa shape index (κ2) is 7.15. The number of ketones is 1. The quantitative estimate of drug-likeness (QED) is 0.571. The van der Waals surface area contributed by atoms with E-state index in [2.05, 4.69) is 20.9 Å². The predicted octanol–water partition coefficient (Wildman–Crippen LogP) is 3.40. The number of ether oxygens (including phenoxy) is 2. The number of Topliss-reactive ketones (excluding diaryl/α,β-unsaturated/α-hetero) is 1. The fourth-order valence-electron chi connectivity index (χ4n) is 4.97. The topological polar surface area (TPSA) is 106 Å². The van der Waals surface area contributed by atoms with Crippen molar-refractivity contribution in [2.45, 2.75) is 17.1 Å². The summed E-state index contributed by atoms with van der Waals surface area (Å²) in [6, 6.07) is 18.6. The van der Waals surface area contributed by atoms with Gasteiger partial charge >= 0.3 is 5.97 Å². The highest BCUT2D eigenvalue weighted by molar-refractivity contribution is 9.10. The van der Waals surface area contributed by atoms with Crippen LogP contribution in [-0.4, -0.2) is 34.1 Å². The van der Waals surface area contributed by atoms with Crippen molar-refractivity contribution in [3.8, 4) is 11.8 Å². The second-order valence-corrected chi connectivity index (χ2v) is 8.77. The lowest BCUT2D eigenvalue weighted by atomic mass is 9.75. The van der Waals surface area contributed by atoms with Crippen LogP contribution in [0.25, 0.3) is 0 Å². The summed E-state index contributed by atoms with van der Waals surface area (Å²) in [4.78, 5) is 30.9. The van der Waals surface area contributed by atoms with E-state index in [0.717, 1.165) is 4.47 Å². The van der Waals surface area contributed by atoms with Gasteiger partial charge in [-0.1, -0.05) is 58.4 Å². The number of hydrogen-bond acceptors (Lipinski definition) is 6. The average molecular weight is 496 g/mol. The molecule has 162 valence electrons. The lowest BCUT2D eigenvalue weighted by molar-refractivity contribution is -0.161. The molecular weight excluding hydrogens is 478 g/mol. The molecule has 2 N–H and O–H groups in total. The van der Waals surface area contributed by atoms with Crippen LogP contribution in [0.15, 0.2) is 71.2 Å². The van der Waals surface area contributed by atoms with E-state index in [1.807, 2.05) is 0 Å². The predicted molar refractivity (Wildman–Crippen MR) is 116 cm³/mol. The monoisotopic (exact) mass is 495 g/mol. The van der Waals surface area contributed by atoms with E-state index < -0.39 is 34.8 Å². The number of aromatic nitrogens is 1. The molecule has 0 radical (unpaired) electrons. The molecular formula is C24H18BrNO6. The molecule has 1 fully saturated rings. The number of carbonyl (C=O) groups excluding carboxylic acids is 1. The molecule has 0 spiro atoms. The molecule has 1 unspecified atom stereocenters. The summed E-state index contributed by atoms with van der Waals surface area (Å²) < 4.78 is 12.3. The molecule has 1 aliphatic carbocycles. The van der Waals surface area contributed by atoms with Gasteiger partial charge < -0.3 is 19.7 Å². The third-order valence-corrected chi connectivity index (χ3v) is 6.84. The van der Waals surface area contributed by atoms with Crippen molar-refractivity contribution >= 4 is 27.7 Å². The summed E-state index contributed by atoms with van der Waals surface area (Å²) in [5.41, 5.74) is -3.14. The average Bonchev–Trinajstić information content (AvgIpc) is 2.93. The third-order valence-electron chi connectivity index (χ3n) is 6.31. The Morgan fingerprint density at radius 2 is 1.78 bits per heavy atom. The van der Waals surface area contributed by atoms with E-state index in [1.165, 1.54) is 19.2 Å². The minimum absolute atomic E-state index is 0.0156. The number of pyridine rings is 1. The van der Waals surface area contributed by atoms with Gasteiger partial charge in [0.25, 0.3) is 0 Å². The van der Waals surface area contributed by atoms with Crippen molar-refractivity contribution < 1.29 is 29.3 Å². The van der Waals surface area contributed by atoms with Gasteiger partial charge in [-0.3, -0.25) is 9.59 Å². The molecule has 0 amide bonds. The van der Waals surface area contributed by atoms with Crippen molar-refractivity contribution in [2.24, 2.45) is 5.92 Å². The molecule has 7 nitrogen and oxygen atoms in total. The van der Waals surface area contributed by atoms with E-state index in [1.54, 1.807) is 54.6 Å². The van der Waals surface area contributed by atoms with Crippen LogP contribution in [0.4, 0.5) is 0 Å². The highest BCUT2D eigenvalue weighted by Crippen LogP contribution is 2.64. The van der Waals surface area contributed by atoms with E-state index >= 15 is 0 Å². The SMILES string of the molecule is COc1ccc2c(n1)O[C@@]1(c3ccc(Br)cc3)C(=O)[C@@]2(O)[C@H](C(=O)O)C1c1ccccc1. The number of benzene rings is 2. The van der Waals surface area contributed by atoms with E-state index in [-0.39, 0.29) is 17.3 Å². The number of carboxylic acids is 1. The molecule has 5 rings (SSSR count). The van der Waals surface area contributed by atoms with Crippen LogP contribution in [0.5, 0.6) is 11.8 Å². The van der Waals surface area contributed by atoms with Crippen molar-refractivity contribution in [2.75, 3.05) is 7.11 Å². The summed E-state index contributed by atoms with van der Waals surface area (Å²) in [5.74, 6) is -4.36.